The minimum atomic E-state index is -4.85. The molecule has 6 heteroatoms. The molecular weight excluding hydrogens is 259 g/mol. The van der Waals surface area contributed by atoms with Crippen LogP contribution in [-0.4, -0.2) is 23.7 Å². The summed E-state index contributed by atoms with van der Waals surface area (Å²) in [5.74, 6) is -2.11. The van der Waals surface area contributed by atoms with E-state index in [1.807, 2.05) is 5.32 Å². The van der Waals surface area contributed by atoms with Gasteiger partial charge in [0, 0.05) is 12.5 Å². The zero-order valence-electron chi connectivity index (χ0n) is 10.1. The van der Waals surface area contributed by atoms with Crippen LogP contribution in [0, 0.1) is 0 Å². The second-order valence-corrected chi connectivity index (χ2v) is 4.63. The fourth-order valence-electron chi connectivity index (χ4n) is 2.38. The van der Waals surface area contributed by atoms with Crippen molar-refractivity contribution >= 4 is 5.91 Å². The van der Waals surface area contributed by atoms with E-state index in [1.165, 1.54) is 0 Å². The molecule has 2 atom stereocenters. The molecule has 0 spiro atoms. The first-order valence-electron chi connectivity index (χ1n) is 6.01. The van der Waals surface area contributed by atoms with Crippen LogP contribution in [0.15, 0.2) is 24.3 Å². The van der Waals surface area contributed by atoms with Crippen LogP contribution in [-0.2, 0) is 4.79 Å². The number of fused-ring (bicyclic) bond motifs is 1. The molecule has 0 aromatic heterocycles. The molecule has 104 valence electrons. The van der Waals surface area contributed by atoms with Gasteiger partial charge in [0.1, 0.15) is 0 Å². The van der Waals surface area contributed by atoms with E-state index in [2.05, 4.69) is 0 Å². The number of hydrogen-bond acceptors (Lipinski definition) is 2. The minimum Gasteiger partial charge on any atom is -0.388 e. The number of carbonyl (C=O) groups is 1. The largest absolute Gasteiger partial charge is 0.471 e. The number of rotatable bonds is 2. The van der Waals surface area contributed by atoms with Gasteiger partial charge >= 0.3 is 12.1 Å². The average Bonchev–Trinajstić information content (AvgIpc) is 2.37. The van der Waals surface area contributed by atoms with Crippen molar-refractivity contribution < 1.29 is 23.1 Å². The number of carbonyl (C=O) groups excluding carboxylic acids is 1. The first-order chi connectivity index (χ1) is 8.89. The van der Waals surface area contributed by atoms with Crippen molar-refractivity contribution in [3.63, 3.8) is 0 Å². The highest BCUT2D eigenvalue weighted by molar-refractivity contribution is 5.81. The number of aliphatic hydroxyl groups excluding tert-OH is 1. The Balaban J connectivity index is 2.07. The van der Waals surface area contributed by atoms with E-state index in [1.54, 1.807) is 24.3 Å². The van der Waals surface area contributed by atoms with Crippen molar-refractivity contribution in [1.82, 2.24) is 5.32 Å². The van der Waals surface area contributed by atoms with Crippen molar-refractivity contribution in [3.05, 3.63) is 35.4 Å². The number of nitrogens with one attached hydrogen (secondary N) is 1. The maximum absolute atomic E-state index is 12.1. The summed E-state index contributed by atoms with van der Waals surface area (Å²) in [5, 5.41) is 11.7. The van der Waals surface area contributed by atoms with E-state index >= 15 is 0 Å². The second-order valence-electron chi connectivity index (χ2n) is 4.63. The van der Waals surface area contributed by atoms with Gasteiger partial charge in [-0.15, -0.1) is 0 Å². The third kappa shape index (κ3) is 3.07. The quantitative estimate of drug-likeness (QED) is 0.868. The van der Waals surface area contributed by atoms with Crippen molar-refractivity contribution in [1.29, 1.82) is 0 Å². The Labute approximate surface area is 108 Å². The van der Waals surface area contributed by atoms with Crippen LogP contribution in [0.2, 0.25) is 0 Å². The Kier molecular flexibility index (Phi) is 3.80. The average molecular weight is 273 g/mol. The van der Waals surface area contributed by atoms with Crippen molar-refractivity contribution in [2.75, 3.05) is 6.54 Å². The van der Waals surface area contributed by atoms with Gasteiger partial charge in [-0.25, -0.2) is 0 Å². The molecule has 2 rings (SSSR count). The molecule has 19 heavy (non-hydrogen) atoms. The molecule has 1 amide bonds. The Morgan fingerprint density at radius 3 is 2.53 bits per heavy atom. The molecule has 1 aromatic rings. The van der Waals surface area contributed by atoms with E-state index in [0.717, 1.165) is 11.1 Å². The number of amides is 1. The summed E-state index contributed by atoms with van der Waals surface area (Å²) in [6.45, 7) is -0.0674. The van der Waals surface area contributed by atoms with E-state index in [-0.39, 0.29) is 12.5 Å². The van der Waals surface area contributed by atoms with Crippen LogP contribution in [0.4, 0.5) is 13.2 Å². The molecule has 0 saturated carbocycles. The third-order valence-corrected chi connectivity index (χ3v) is 3.35. The zero-order chi connectivity index (χ0) is 14.0. The molecule has 0 heterocycles. The Morgan fingerprint density at radius 1 is 1.26 bits per heavy atom. The van der Waals surface area contributed by atoms with Gasteiger partial charge < -0.3 is 10.4 Å². The lowest BCUT2D eigenvalue weighted by Crippen LogP contribution is -2.39. The molecule has 0 saturated heterocycles. The second kappa shape index (κ2) is 5.21. The molecule has 0 radical (unpaired) electrons. The van der Waals surface area contributed by atoms with Gasteiger partial charge in [0.25, 0.3) is 0 Å². The molecule has 0 bridgehead atoms. The Hall–Kier alpha value is -1.56. The van der Waals surface area contributed by atoms with Crippen LogP contribution in [0.3, 0.4) is 0 Å². The van der Waals surface area contributed by atoms with Crippen LogP contribution in [0.25, 0.3) is 0 Å². The van der Waals surface area contributed by atoms with Crippen LogP contribution in [0.1, 0.15) is 36.0 Å². The number of aliphatic hydroxyl groups is 1. The van der Waals surface area contributed by atoms with E-state index < -0.39 is 18.2 Å². The standard InChI is InChI=1S/C13H14F3NO2/c14-13(15,16)12(19)17-7-8-5-6-11(18)10-4-2-1-3-9(8)10/h1-4,8,11,18H,5-7H2,(H,17,19)/t8?,11-/m1/s1. The predicted molar refractivity (Wildman–Crippen MR) is 62.4 cm³/mol. The SMILES string of the molecule is O=C(NCC1CC[C@@H](O)c2ccccc21)C(F)(F)F. The van der Waals surface area contributed by atoms with E-state index in [4.69, 9.17) is 0 Å². The van der Waals surface area contributed by atoms with E-state index in [9.17, 15) is 23.1 Å². The fraction of sp³-hybridized carbons (Fsp3) is 0.462. The summed E-state index contributed by atoms with van der Waals surface area (Å²) >= 11 is 0. The number of benzene rings is 1. The van der Waals surface area contributed by atoms with Gasteiger partial charge in [-0.1, -0.05) is 24.3 Å². The van der Waals surface area contributed by atoms with Gasteiger partial charge in [0.2, 0.25) is 0 Å². The maximum Gasteiger partial charge on any atom is 0.471 e. The van der Waals surface area contributed by atoms with Gasteiger partial charge in [0.15, 0.2) is 0 Å². The third-order valence-electron chi connectivity index (χ3n) is 3.35. The summed E-state index contributed by atoms with van der Waals surface area (Å²) in [6.07, 6.45) is -4.39. The topological polar surface area (TPSA) is 49.3 Å². The van der Waals surface area contributed by atoms with Crippen molar-refractivity contribution in [2.45, 2.75) is 31.0 Å². The van der Waals surface area contributed by atoms with Crippen LogP contribution < -0.4 is 5.32 Å². The van der Waals surface area contributed by atoms with Gasteiger partial charge in [-0.3, -0.25) is 4.79 Å². The van der Waals surface area contributed by atoms with Crippen LogP contribution >= 0.6 is 0 Å². The molecular formula is C13H14F3NO2. The molecule has 1 aromatic carbocycles. The normalized spacial score (nSPS) is 22.7. The number of alkyl halides is 3. The van der Waals surface area contributed by atoms with Crippen molar-refractivity contribution in [2.24, 2.45) is 0 Å². The molecule has 3 nitrogen and oxygen atoms in total. The van der Waals surface area contributed by atoms with Gasteiger partial charge in [0.05, 0.1) is 6.10 Å². The summed E-state index contributed by atoms with van der Waals surface area (Å²) in [4.78, 5) is 10.8. The van der Waals surface area contributed by atoms with Gasteiger partial charge in [-0.2, -0.15) is 13.2 Å². The highest BCUT2D eigenvalue weighted by Gasteiger charge is 2.39. The summed E-state index contributed by atoms with van der Waals surface area (Å²) in [7, 11) is 0. The highest BCUT2D eigenvalue weighted by atomic mass is 19.4. The number of hydrogen-bond donors (Lipinski definition) is 2. The zero-order valence-corrected chi connectivity index (χ0v) is 10.1. The summed E-state index contributed by atoms with van der Waals surface area (Å²) in [5.41, 5.74) is 1.55. The maximum atomic E-state index is 12.1. The predicted octanol–water partition coefficient (Wildman–Crippen LogP) is 2.28. The smallest absolute Gasteiger partial charge is 0.388 e. The molecule has 1 aliphatic rings. The Morgan fingerprint density at radius 2 is 1.89 bits per heavy atom. The first-order valence-corrected chi connectivity index (χ1v) is 6.01. The minimum absolute atomic E-state index is 0.0674. The fourth-order valence-corrected chi connectivity index (χ4v) is 2.38. The summed E-state index contributed by atoms with van der Waals surface area (Å²) in [6, 6.07) is 7.09. The lowest BCUT2D eigenvalue weighted by atomic mass is 9.81. The lowest BCUT2D eigenvalue weighted by molar-refractivity contribution is -0.173. The Bertz CT molecular complexity index is 473. The molecule has 0 fully saturated rings. The van der Waals surface area contributed by atoms with Crippen molar-refractivity contribution in [3.8, 4) is 0 Å². The summed E-state index contributed by atoms with van der Waals surface area (Å²) < 4.78 is 36.3. The van der Waals surface area contributed by atoms with Crippen LogP contribution in [0.5, 0.6) is 0 Å². The molecule has 1 aliphatic carbocycles. The highest BCUT2D eigenvalue weighted by Crippen LogP contribution is 2.36. The number of halogens is 3. The monoisotopic (exact) mass is 273 g/mol. The molecule has 1 unspecified atom stereocenters. The lowest BCUT2D eigenvalue weighted by Gasteiger charge is -2.29. The van der Waals surface area contributed by atoms with Gasteiger partial charge in [-0.05, 0) is 24.0 Å². The molecule has 2 N–H and O–H groups in total. The molecule has 0 aliphatic heterocycles. The van der Waals surface area contributed by atoms with E-state index in [0.29, 0.717) is 12.8 Å². The first kappa shape index (κ1) is 13.9.